The molecule has 0 heterocycles. The first-order chi connectivity index (χ1) is 6.81. The average Bonchev–Trinajstić information content (AvgIpc) is 2.21. The van der Waals surface area contributed by atoms with Gasteiger partial charge in [-0.25, -0.2) is 0 Å². The fourth-order valence-corrected chi connectivity index (χ4v) is 2.74. The van der Waals surface area contributed by atoms with E-state index in [1.807, 2.05) is 7.11 Å². The van der Waals surface area contributed by atoms with Crippen molar-refractivity contribution >= 4 is 0 Å². The van der Waals surface area contributed by atoms with E-state index in [2.05, 4.69) is 19.3 Å². The summed E-state index contributed by atoms with van der Waals surface area (Å²) in [4.78, 5) is 0. The third kappa shape index (κ3) is 3.25. The molecule has 1 fully saturated rings. The first kappa shape index (κ1) is 12.0. The number of ether oxygens (including phenoxy) is 1. The van der Waals surface area contributed by atoms with Gasteiger partial charge in [0, 0.05) is 13.7 Å². The maximum absolute atomic E-state index is 5.32. The molecule has 0 aromatic carbocycles. The summed E-state index contributed by atoms with van der Waals surface area (Å²) >= 11 is 0. The smallest absolute Gasteiger partial charge is 0.0493 e. The zero-order valence-electron chi connectivity index (χ0n) is 9.88. The predicted octanol–water partition coefficient (Wildman–Crippen LogP) is 2.29. The van der Waals surface area contributed by atoms with Crippen LogP contribution in [0.1, 0.15) is 32.6 Å². The summed E-state index contributed by atoms with van der Waals surface area (Å²) in [6.07, 6.45) is 5.51. The normalized spacial score (nSPS) is 33.2. The molecule has 0 aromatic rings. The van der Waals surface area contributed by atoms with E-state index in [4.69, 9.17) is 4.74 Å². The fourth-order valence-electron chi connectivity index (χ4n) is 2.74. The van der Waals surface area contributed by atoms with E-state index >= 15 is 0 Å². The molecule has 0 bridgehead atoms. The zero-order valence-corrected chi connectivity index (χ0v) is 9.88. The lowest BCUT2D eigenvalue weighted by Crippen LogP contribution is -2.34. The van der Waals surface area contributed by atoms with E-state index in [0.29, 0.717) is 0 Å². The van der Waals surface area contributed by atoms with E-state index in [0.717, 1.165) is 30.9 Å². The summed E-state index contributed by atoms with van der Waals surface area (Å²) in [6.45, 7) is 4.42. The van der Waals surface area contributed by atoms with Crippen molar-refractivity contribution in [2.24, 2.45) is 17.8 Å². The quantitative estimate of drug-likeness (QED) is 0.733. The summed E-state index contributed by atoms with van der Waals surface area (Å²) < 4.78 is 5.32. The van der Waals surface area contributed by atoms with Crippen molar-refractivity contribution in [3.63, 3.8) is 0 Å². The van der Waals surface area contributed by atoms with E-state index in [9.17, 15) is 0 Å². The fraction of sp³-hybridized carbons (Fsp3) is 1.00. The molecule has 14 heavy (non-hydrogen) atoms. The second-order valence-corrected chi connectivity index (χ2v) is 4.62. The van der Waals surface area contributed by atoms with E-state index in [1.165, 1.54) is 25.7 Å². The van der Waals surface area contributed by atoms with Crippen molar-refractivity contribution in [1.82, 2.24) is 5.32 Å². The van der Waals surface area contributed by atoms with Crippen LogP contribution in [-0.2, 0) is 4.74 Å². The van der Waals surface area contributed by atoms with Gasteiger partial charge in [0.2, 0.25) is 0 Å². The van der Waals surface area contributed by atoms with Gasteiger partial charge in [-0.05, 0) is 44.2 Å². The molecule has 84 valence electrons. The molecule has 1 aliphatic rings. The summed E-state index contributed by atoms with van der Waals surface area (Å²) in [7, 11) is 3.88. The molecule has 2 nitrogen and oxygen atoms in total. The van der Waals surface area contributed by atoms with E-state index in [-0.39, 0.29) is 0 Å². The van der Waals surface area contributed by atoms with Gasteiger partial charge in [0.15, 0.2) is 0 Å². The highest BCUT2D eigenvalue weighted by atomic mass is 16.5. The molecular formula is C12H25NO. The van der Waals surface area contributed by atoms with Crippen LogP contribution in [0, 0.1) is 17.8 Å². The van der Waals surface area contributed by atoms with Crippen LogP contribution in [0.15, 0.2) is 0 Å². The van der Waals surface area contributed by atoms with Gasteiger partial charge in [-0.1, -0.05) is 19.8 Å². The van der Waals surface area contributed by atoms with Gasteiger partial charge in [0.05, 0.1) is 0 Å². The maximum atomic E-state index is 5.32. The first-order valence-corrected chi connectivity index (χ1v) is 5.95. The third-order valence-electron chi connectivity index (χ3n) is 3.67. The molecule has 3 unspecified atom stereocenters. The topological polar surface area (TPSA) is 21.3 Å². The molecular weight excluding hydrogens is 174 g/mol. The lowest BCUT2D eigenvalue weighted by atomic mass is 9.73. The number of hydrogen-bond acceptors (Lipinski definition) is 2. The van der Waals surface area contributed by atoms with Gasteiger partial charge < -0.3 is 10.1 Å². The lowest BCUT2D eigenvalue weighted by Gasteiger charge is -2.35. The van der Waals surface area contributed by atoms with E-state index < -0.39 is 0 Å². The third-order valence-corrected chi connectivity index (χ3v) is 3.67. The van der Waals surface area contributed by atoms with Crippen LogP contribution in [0.25, 0.3) is 0 Å². The van der Waals surface area contributed by atoms with Gasteiger partial charge in [0.25, 0.3) is 0 Å². The van der Waals surface area contributed by atoms with Crippen LogP contribution in [0.4, 0.5) is 0 Å². The summed E-state index contributed by atoms with van der Waals surface area (Å²) in [5.41, 5.74) is 0. The predicted molar refractivity (Wildman–Crippen MR) is 60.4 cm³/mol. The highest BCUT2D eigenvalue weighted by Crippen LogP contribution is 2.35. The zero-order chi connectivity index (χ0) is 10.4. The molecule has 0 saturated heterocycles. The summed E-state index contributed by atoms with van der Waals surface area (Å²) in [5.74, 6) is 2.57. The van der Waals surface area contributed by atoms with Crippen LogP contribution in [0.5, 0.6) is 0 Å². The second-order valence-electron chi connectivity index (χ2n) is 4.62. The van der Waals surface area contributed by atoms with Crippen molar-refractivity contribution in [2.75, 3.05) is 27.3 Å². The Hall–Kier alpha value is -0.0800. The molecule has 0 spiro atoms. The number of rotatable bonds is 5. The summed E-state index contributed by atoms with van der Waals surface area (Å²) in [6, 6.07) is 0. The van der Waals surface area contributed by atoms with Gasteiger partial charge in [-0.15, -0.1) is 0 Å². The van der Waals surface area contributed by atoms with Crippen LogP contribution >= 0.6 is 0 Å². The monoisotopic (exact) mass is 199 g/mol. The minimum absolute atomic E-state index is 0.783. The minimum atomic E-state index is 0.783. The molecule has 0 amide bonds. The van der Waals surface area contributed by atoms with Crippen LogP contribution in [-0.4, -0.2) is 27.3 Å². The van der Waals surface area contributed by atoms with Gasteiger partial charge in [-0.2, -0.15) is 0 Å². The Morgan fingerprint density at radius 1 is 1.29 bits per heavy atom. The molecule has 0 aromatic heterocycles. The Kier molecular flexibility index (Phi) is 5.49. The molecule has 0 aliphatic heterocycles. The number of hydrogen-bond donors (Lipinski definition) is 1. The Labute approximate surface area is 88.4 Å². The number of methoxy groups -OCH3 is 1. The van der Waals surface area contributed by atoms with Crippen molar-refractivity contribution in [1.29, 1.82) is 0 Å². The van der Waals surface area contributed by atoms with Crippen LogP contribution in [0.3, 0.4) is 0 Å². The Balaban J connectivity index is 2.42. The molecule has 1 aliphatic carbocycles. The molecule has 1 rings (SSSR count). The first-order valence-electron chi connectivity index (χ1n) is 5.95. The lowest BCUT2D eigenvalue weighted by molar-refractivity contribution is 0.0733. The largest absolute Gasteiger partial charge is 0.384 e. The Morgan fingerprint density at radius 2 is 2.07 bits per heavy atom. The molecule has 1 N–H and O–H groups in total. The van der Waals surface area contributed by atoms with Crippen molar-refractivity contribution in [3.8, 4) is 0 Å². The molecule has 3 atom stereocenters. The average molecular weight is 199 g/mol. The van der Waals surface area contributed by atoms with Gasteiger partial charge in [0.1, 0.15) is 0 Å². The maximum Gasteiger partial charge on any atom is 0.0493 e. The van der Waals surface area contributed by atoms with Crippen molar-refractivity contribution in [2.45, 2.75) is 32.6 Å². The van der Waals surface area contributed by atoms with Gasteiger partial charge >= 0.3 is 0 Å². The van der Waals surface area contributed by atoms with E-state index in [1.54, 1.807) is 0 Å². The summed E-state index contributed by atoms with van der Waals surface area (Å²) in [5, 5.41) is 3.30. The molecule has 2 heteroatoms. The molecule has 0 radical (unpaired) electrons. The second kappa shape index (κ2) is 6.41. The highest BCUT2D eigenvalue weighted by molar-refractivity contribution is 4.80. The van der Waals surface area contributed by atoms with Crippen LogP contribution in [0.2, 0.25) is 0 Å². The molecule has 1 saturated carbocycles. The number of nitrogens with one attached hydrogen (secondary N) is 1. The van der Waals surface area contributed by atoms with Gasteiger partial charge in [-0.3, -0.25) is 0 Å². The minimum Gasteiger partial charge on any atom is -0.384 e. The van der Waals surface area contributed by atoms with Crippen molar-refractivity contribution < 1.29 is 4.74 Å². The standard InChI is InChI=1S/C12H25NO/c1-4-10-5-6-11(8-13-2)12(7-10)9-14-3/h10-13H,4-9H2,1-3H3. The highest BCUT2D eigenvalue weighted by Gasteiger charge is 2.28. The SMILES string of the molecule is CCC1CCC(CNC)C(COC)C1. The Morgan fingerprint density at radius 3 is 2.64 bits per heavy atom. The Bertz CT molecular complexity index is 149. The van der Waals surface area contributed by atoms with Crippen molar-refractivity contribution in [3.05, 3.63) is 0 Å². The van der Waals surface area contributed by atoms with Crippen LogP contribution < -0.4 is 5.32 Å².